The predicted octanol–water partition coefficient (Wildman–Crippen LogP) is 3.38. The number of nitrogens with one attached hydrogen (secondary N) is 1. The molecule has 0 spiro atoms. The van der Waals surface area contributed by atoms with E-state index in [0.29, 0.717) is 22.8 Å². The second kappa shape index (κ2) is 9.61. The normalized spacial score (nSPS) is 14.7. The van der Waals surface area contributed by atoms with Crippen LogP contribution in [0, 0.1) is 0 Å². The fourth-order valence-corrected chi connectivity index (χ4v) is 4.66. The topological polar surface area (TPSA) is 69.7 Å². The van der Waals surface area contributed by atoms with E-state index in [4.69, 9.17) is 11.6 Å². The number of halogens is 1. The number of likely N-dealkylation sites (tertiary alicyclic amines) is 1. The van der Waals surface area contributed by atoms with Crippen molar-refractivity contribution in [3.8, 4) is 0 Å². The first-order chi connectivity index (χ1) is 13.9. The number of benzene rings is 2. The molecule has 0 saturated carbocycles. The maximum absolute atomic E-state index is 12.7. The molecule has 0 aromatic heterocycles. The molecule has 2 aromatic rings. The summed E-state index contributed by atoms with van der Waals surface area (Å²) in [5, 5.41) is 3.40. The van der Waals surface area contributed by atoms with Crippen molar-refractivity contribution in [2.45, 2.75) is 24.2 Å². The van der Waals surface area contributed by atoms with Crippen molar-refractivity contribution in [1.29, 1.82) is 0 Å². The molecule has 1 heterocycles. The molecule has 0 bridgehead atoms. The third-order valence-corrected chi connectivity index (χ3v) is 7.15. The molecular weight excluding hydrogens is 410 g/mol. The van der Waals surface area contributed by atoms with Gasteiger partial charge in [-0.25, -0.2) is 8.42 Å². The summed E-state index contributed by atoms with van der Waals surface area (Å²) in [6.45, 7) is 3.94. The first kappa shape index (κ1) is 21.6. The average molecular weight is 436 g/mol. The van der Waals surface area contributed by atoms with E-state index >= 15 is 0 Å². The van der Waals surface area contributed by atoms with Crippen LogP contribution in [0.1, 0.15) is 29.6 Å². The Kier molecular flexibility index (Phi) is 7.16. The van der Waals surface area contributed by atoms with Gasteiger partial charge in [0.2, 0.25) is 0 Å². The van der Waals surface area contributed by atoms with Gasteiger partial charge in [0.15, 0.2) is 0 Å². The minimum atomic E-state index is -3.70. The third-order valence-electron chi connectivity index (χ3n) is 5.10. The number of carbonyl (C=O) groups is 1. The Bertz CT molecular complexity index is 925. The standard InChI is InChI=1S/C21H26ClN3O3S/c1-24(29(27,28)20-11-7-18(22)8-12-20)19-9-5-17(6-10-19)21(26)23-13-4-16-25-14-2-3-15-25/h5-12H,2-4,13-16H2,1H3,(H,23,26). The summed E-state index contributed by atoms with van der Waals surface area (Å²) >= 11 is 5.84. The molecule has 0 unspecified atom stereocenters. The van der Waals surface area contributed by atoms with E-state index in [0.717, 1.165) is 26.1 Å². The van der Waals surface area contributed by atoms with Crippen molar-refractivity contribution in [2.24, 2.45) is 0 Å². The smallest absolute Gasteiger partial charge is 0.264 e. The highest BCUT2D eigenvalue weighted by Crippen LogP contribution is 2.23. The lowest BCUT2D eigenvalue weighted by molar-refractivity contribution is 0.0952. The third kappa shape index (κ3) is 5.50. The van der Waals surface area contributed by atoms with Gasteiger partial charge in [-0.3, -0.25) is 9.10 Å². The molecule has 29 heavy (non-hydrogen) atoms. The molecule has 8 heteroatoms. The molecule has 0 radical (unpaired) electrons. The molecule has 1 fully saturated rings. The highest BCUT2D eigenvalue weighted by molar-refractivity contribution is 7.92. The molecular formula is C21H26ClN3O3S. The fourth-order valence-electron chi connectivity index (χ4n) is 3.34. The number of carbonyl (C=O) groups excluding carboxylic acids is 1. The summed E-state index contributed by atoms with van der Waals surface area (Å²) in [6, 6.07) is 12.6. The quantitative estimate of drug-likeness (QED) is 0.645. The van der Waals surface area contributed by atoms with Crippen LogP contribution in [0.5, 0.6) is 0 Å². The van der Waals surface area contributed by atoms with Gasteiger partial charge in [0.25, 0.3) is 15.9 Å². The molecule has 3 rings (SSSR count). The molecule has 0 aliphatic carbocycles. The van der Waals surface area contributed by atoms with Gasteiger partial charge in [-0.1, -0.05) is 11.6 Å². The van der Waals surface area contributed by atoms with Crippen molar-refractivity contribution < 1.29 is 13.2 Å². The van der Waals surface area contributed by atoms with Crippen molar-refractivity contribution in [3.63, 3.8) is 0 Å². The number of hydrogen-bond donors (Lipinski definition) is 1. The van der Waals surface area contributed by atoms with E-state index in [1.807, 2.05) is 0 Å². The zero-order valence-electron chi connectivity index (χ0n) is 16.5. The maximum Gasteiger partial charge on any atom is 0.264 e. The molecule has 6 nitrogen and oxygen atoms in total. The van der Waals surface area contributed by atoms with E-state index in [1.165, 1.54) is 36.3 Å². The van der Waals surface area contributed by atoms with Crippen molar-refractivity contribution in [3.05, 3.63) is 59.1 Å². The lowest BCUT2D eigenvalue weighted by Gasteiger charge is -2.20. The Morgan fingerprint density at radius 2 is 1.69 bits per heavy atom. The molecule has 1 amide bonds. The zero-order chi connectivity index (χ0) is 20.9. The van der Waals surface area contributed by atoms with Crippen LogP contribution in [0.4, 0.5) is 5.69 Å². The van der Waals surface area contributed by atoms with E-state index in [2.05, 4.69) is 10.2 Å². The summed E-state index contributed by atoms with van der Waals surface area (Å²) in [5.74, 6) is -0.152. The number of nitrogens with zero attached hydrogens (tertiary/aromatic N) is 2. The molecule has 1 saturated heterocycles. The Hall–Kier alpha value is -2.09. The minimum Gasteiger partial charge on any atom is -0.352 e. The van der Waals surface area contributed by atoms with E-state index in [1.54, 1.807) is 36.4 Å². The summed E-state index contributed by atoms with van der Waals surface area (Å²) in [5.41, 5.74) is 0.984. The molecule has 0 atom stereocenters. The van der Waals surface area contributed by atoms with E-state index in [9.17, 15) is 13.2 Å². The number of hydrogen-bond acceptors (Lipinski definition) is 4. The molecule has 2 aromatic carbocycles. The van der Waals surface area contributed by atoms with E-state index in [-0.39, 0.29) is 10.8 Å². The van der Waals surface area contributed by atoms with Gasteiger partial charge in [-0.05, 0) is 87.4 Å². The Morgan fingerprint density at radius 1 is 1.07 bits per heavy atom. The van der Waals surface area contributed by atoms with Gasteiger partial charge in [-0.15, -0.1) is 0 Å². The van der Waals surface area contributed by atoms with Gasteiger partial charge in [-0.2, -0.15) is 0 Å². The lowest BCUT2D eigenvalue weighted by Crippen LogP contribution is -2.29. The number of amides is 1. The van der Waals surface area contributed by atoms with Crippen LogP contribution in [-0.4, -0.2) is 52.5 Å². The van der Waals surface area contributed by atoms with Gasteiger partial charge < -0.3 is 10.2 Å². The van der Waals surface area contributed by atoms with Crippen LogP contribution in [0.15, 0.2) is 53.4 Å². The fraction of sp³-hybridized carbons (Fsp3) is 0.381. The molecule has 1 aliphatic rings. The largest absolute Gasteiger partial charge is 0.352 e. The number of rotatable bonds is 8. The Balaban J connectivity index is 1.57. The van der Waals surface area contributed by atoms with Gasteiger partial charge in [0.05, 0.1) is 10.6 Å². The molecule has 156 valence electrons. The van der Waals surface area contributed by atoms with E-state index < -0.39 is 10.0 Å². The van der Waals surface area contributed by atoms with Crippen LogP contribution in [0.3, 0.4) is 0 Å². The molecule has 1 N–H and O–H groups in total. The van der Waals surface area contributed by atoms with Crippen LogP contribution in [0.2, 0.25) is 5.02 Å². The summed E-state index contributed by atoms with van der Waals surface area (Å²) in [7, 11) is -2.21. The zero-order valence-corrected chi connectivity index (χ0v) is 18.0. The average Bonchev–Trinajstić information content (AvgIpc) is 3.24. The number of sulfonamides is 1. The minimum absolute atomic E-state index is 0.152. The summed E-state index contributed by atoms with van der Waals surface area (Å²) in [6.07, 6.45) is 3.45. The highest BCUT2D eigenvalue weighted by Gasteiger charge is 2.21. The predicted molar refractivity (Wildman–Crippen MR) is 116 cm³/mol. The van der Waals surface area contributed by atoms with Crippen molar-refractivity contribution in [1.82, 2.24) is 10.2 Å². The van der Waals surface area contributed by atoms with Crippen LogP contribution in [-0.2, 0) is 10.0 Å². The van der Waals surface area contributed by atoms with Crippen molar-refractivity contribution in [2.75, 3.05) is 37.5 Å². The first-order valence-corrected chi connectivity index (χ1v) is 11.5. The summed E-state index contributed by atoms with van der Waals surface area (Å²) < 4.78 is 26.7. The molecule has 1 aliphatic heterocycles. The van der Waals surface area contributed by atoms with Crippen LogP contribution < -0.4 is 9.62 Å². The Labute approximate surface area is 177 Å². The van der Waals surface area contributed by atoms with Crippen LogP contribution >= 0.6 is 11.6 Å². The van der Waals surface area contributed by atoms with Gasteiger partial charge in [0, 0.05) is 24.2 Å². The Morgan fingerprint density at radius 3 is 2.31 bits per heavy atom. The van der Waals surface area contributed by atoms with Crippen molar-refractivity contribution >= 4 is 33.2 Å². The van der Waals surface area contributed by atoms with Gasteiger partial charge >= 0.3 is 0 Å². The van der Waals surface area contributed by atoms with Gasteiger partial charge in [0.1, 0.15) is 0 Å². The second-order valence-corrected chi connectivity index (χ2v) is 9.54. The maximum atomic E-state index is 12.7. The second-order valence-electron chi connectivity index (χ2n) is 7.13. The monoisotopic (exact) mass is 435 g/mol. The summed E-state index contributed by atoms with van der Waals surface area (Å²) in [4.78, 5) is 14.9. The first-order valence-electron chi connectivity index (χ1n) is 9.73. The number of anilines is 1. The lowest BCUT2D eigenvalue weighted by atomic mass is 10.2. The highest BCUT2D eigenvalue weighted by atomic mass is 35.5. The van der Waals surface area contributed by atoms with Crippen LogP contribution in [0.25, 0.3) is 0 Å². The SMILES string of the molecule is CN(c1ccc(C(=O)NCCCN2CCCC2)cc1)S(=O)(=O)c1ccc(Cl)cc1.